The number of ketones is 1. The van der Waals surface area contributed by atoms with Crippen molar-refractivity contribution in [2.24, 2.45) is 0 Å². The maximum atomic E-state index is 14.9. The molecule has 4 rings (SSSR count). The summed E-state index contributed by atoms with van der Waals surface area (Å²) in [5.74, 6) is -2.19. The quantitative estimate of drug-likeness (QED) is 0.279. The zero-order chi connectivity index (χ0) is 25.7. The van der Waals surface area contributed by atoms with Crippen molar-refractivity contribution in [3.05, 3.63) is 89.2 Å². The van der Waals surface area contributed by atoms with Crippen molar-refractivity contribution in [1.29, 1.82) is 0 Å². The molecule has 1 aliphatic heterocycles. The predicted octanol–water partition coefficient (Wildman–Crippen LogP) is 5.21. The fraction of sp³-hybridized carbons (Fsp3) is 0.241. The summed E-state index contributed by atoms with van der Waals surface area (Å²) >= 11 is 0. The zero-order valence-corrected chi connectivity index (χ0v) is 20.2. The Balaban J connectivity index is 1.51. The molecular formula is C29H28FNO5. The van der Waals surface area contributed by atoms with Gasteiger partial charge in [0.05, 0.1) is 31.8 Å². The van der Waals surface area contributed by atoms with E-state index in [0.717, 1.165) is 24.3 Å². The number of phenolic OH excluding ortho intramolecular Hbond substituents is 1. The highest BCUT2D eigenvalue weighted by molar-refractivity contribution is 6.09. The Bertz CT molecular complexity index is 1280. The smallest absolute Gasteiger partial charge is 0.312 e. The number of hydrogen-bond donors (Lipinski definition) is 1. The Morgan fingerprint density at radius 3 is 2.44 bits per heavy atom. The van der Waals surface area contributed by atoms with Crippen LogP contribution in [0.15, 0.2) is 66.7 Å². The number of halogens is 1. The van der Waals surface area contributed by atoms with Crippen molar-refractivity contribution in [1.82, 2.24) is 0 Å². The molecule has 1 heterocycles. The van der Waals surface area contributed by atoms with E-state index in [2.05, 4.69) is 4.90 Å². The summed E-state index contributed by atoms with van der Waals surface area (Å²) in [6.45, 7) is 4.74. The van der Waals surface area contributed by atoms with E-state index in [1.165, 1.54) is 31.4 Å². The van der Waals surface area contributed by atoms with Gasteiger partial charge in [0.15, 0.2) is 5.78 Å². The Labute approximate surface area is 209 Å². The normalized spacial score (nSPS) is 14.6. The van der Waals surface area contributed by atoms with Crippen LogP contribution in [-0.4, -0.2) is 50.3 Å². The topological polar surface area (TPSA) is 76.1 Å². The summed E-state index contributed by atoms with van der Waals surface area (Å²) in [4.78, 5) is 26.9. The molecule has 0 amide bonds. The van der Waals surface area contributed by atoms with Crippen molar-refractivity contribution in [3.63, 3.8) is 0 Å². The molecule has 0 saturated carbocycles. The average molecular weight is 490 g/mol. The van der Waals surface area contributed by atoms with Crippen molar-refractivity contribution >= 4 is 23.5 Å². The summed E-state index contributed by atoms with van der Waals surface area (Å²) in [5, 5.41) is 10.3. The molecule has 3 aromatic carbocycles. The lowest BCUT2D eigenvalue weighted by atomic mass is 9.95. The number of carbonyl (C=O) groups excluding carboxylic acids is 2. The number of benzene rings is 3. The highest BCUT2D eigenvalue weighted by Crippen LogP contribution is 2.30. The number of nitrogens with zero attached hydrogens (tertiary/aromatic N) is 1. The molecule has 36 heavy (non-hydrogen) atoms. The van der Waals surface area contributed by atoms with E-state index in [1.807, 2.05) is 24.3 Å². The monoisotopic (exact) mass is 489 g/mol. The van der Waals surface area contributed by atoms with Gasteiger partial charge in [-0.2, -0.15) is 0 Å². The second-order valence-corrected chi connectivity index (χ2v) is 8.60. The number of hydrogen-bond acceptors (Lipinski definition) is 6. The van der Waals surface area contributed by atoms with Crippen molar-refractivity contribution < 1.29 is 28.6 Å². The molecule has 0 aromatic heterocycles. The third kappa shape index (κ3) is 5.63. The van der Waals surface area contributed by atoms with Gasteiger partial charge in [-0.3, -0.25) is 9.59 Å². The van der Waals surface area contributed by atoms with Crippen molar-refractivity contribution in [3.8, 4) is 16.9 Å². The van der Waals surface area contributed by atoms with Crippen LogP contribution in [0.1, 0.15) is 34.3 Å². The molecule has 1 saturated heterocycles. The van der Waals surface area contributed by atoms with Crippen molar-refractivity contribution in [2.75, 3.05) is 38.3 Å². The van der Waals surface area contributed by atoms with Crippen molar-refractivity contribution in [2.45, 2.75) is 12.8 Å². The van der Waals surface area contributed by atoms with E-state index in [9.17, 15) is 19.1 Å². The third-order valence-corrected chi connectivity index (χ3v) is 6.32. The van der Waals surface area contributed by atoms with Gasteiger partial charge in [0, 0.05) is 24.3 Å². The Morgan fingerprint density at radius 1 is 1.06 bits per heavy atom. The minimum absolute atomic E-state index is 0.0695. The first kappa shape index (κ1) is 25.1. The van der Waals surface area contributed by atoms with Crippen LogP contribution in [0.2, 0.25) is 0 Å². The molecule has 6 nitrogen and oxygen atoms in total. The number of morpholine rings is 1. The van der Waals surface area contributed by atoms with E-state index in [4.69, 9.17) is 9.47 Å². The molecule has 0 radical (unpaired) electrons. The van der Waals surface area contributed by atoms with Gasteiger partial charge < -0.3 is 19.5 Å². The van der Waals surface area contributed by atoms with E-state index < -0.39 is 23.5 Å². The van der Waals surface area contributed by atoms with Gasteiger partial charge in [-0.15, -0.1) is 0 Å². The van der Waals surface area contributed by atoms with E-state index in [-0.39, 0.29) is 16.9 Å². The van der Waals surface area contributed by atoms with Crippen LogP contribution in [0.4, 0.5) is 10.1 Å². The number of aromatic hydroxyl groups is 1. The predicted molar refractivity (Wildman–Crippen MR) is 137 cm³/mol. The highest BCUT2D eigenvalue weighted by atomic mass is 19.1. The summed E-state index contributed by atoms with van der Waals surface area (Å²) in [5.41, 5.74) is 3.20. The number of phenols is 1. The van der Waals surface area contributed by atoms with E-state index >= 15 is 0 Å². The molecule has 186 valence electrons. The SMILES string of the molecule is COC(=O)C(C)c1ccc(-c2ccc(O)c(C(=O)/C=C/c3ccc(N4CCOCC4)cc3)c2)c(F)c1. The first-order valence-electron chi connectivity index (χ1n) is 11.7. The Morgan fingerprint density at radius 2 is 1.78 bits per heavy atom. The van der Waals surface area contributed by atoms with Crippen LogP contribution in [-0.2, 0) is 14.3 Å². The minimum Gasteiger partial charge on any atom is -0.507 e. The van der Waals surface area contributed by atoms with Crippen LogP contribution in [0.25, 0.3) is 17.2 Å². The molecule has 3 aromatic rings. The molecule has 0 bridgehead atoms. The average Bonchev–Trinajstić information content (AvgIpc) is 2.92. The molecule has 0 spiro atoms. The number of allylic oxidation sites excluding steroid dienone is 1. The Kier molecular flexibility index (Phi) is 7.80. The van der Waals surface area contributed by atoms with Crippen LogP contribution in [0.3, 0.4) is 0 Å². The first-order chi connectivity index (χ1) is 17.4. The van der Waals surface area contributed by atoms with Gasteiger partial charge in [0.25, 0.3) is 0 Å². The van der Waals surface area contributed by atoms with Gasteiger partial charge in [-0.25, -0.2) is 4.39 Å². The van der Waals surface area contributed by atoms with E-state index in [1.54, 1.807) is 31.2 Å². The molecule has 1 unspecified atom stereocenters. The van der Waals surface area contributed by atoms with Crippen LogP contribution < -0.4 is 4.90 Å². The van der Waals surface area contributed by atoms with E-state index in [0.29, 0.717) is 24.3 Å². The molecular weight excluding hydrogens is 461 g/mol. The number of ether oxygens (including phenoxy) is 2. The number of esters is 1. The van der Waals surface area contributed by atoms with Gasteiger partial charge in [0.1, 0.15) is 11.6 Å². The first-order valence-corrected chi connectivity index (χ1v) is 11.7. The Hall–Kier alpha value is -3.97. The number of methoxy groups -OCH3 is 1. The zero-order valence-electron chi connectivity index (χ0n) is 20.2. The second-order valence-electron chi connectivity index (χ2n) is 8.60. The number of anilines is 1. The minimum atomic E-state index is -0.608. The van der Waals surface area contributed by atoms with Gasteiger partial charge in [0.2, 0.25) is 0 Å². The molecule has 7 heteroatoms. The number of carbonyl (C=O) groups is 2. The van der Waals surface area contributed by atoms with Crippen LogP contribution >= 0.6 is 0 Å². The lowest BCUT2D eigenvalue weighted by Gasteiger charge is -2.28. The summed E-state index contributed by atoms with van der Waals surface area (Å²) < 4.78 is 25.0. The second kappa shape index (κ2) is 11.2. The summed E-state index contributed by atoms with van der Waals surface area (Å²) in [6, 6.07) is 16.7. The maximum absolute atomic E-state index is 14.9. The number of rotatable bonds is 7. The maximum Gasteiger partial charge on any atom is 0.312 e. The van der Waals surface area contributed by atoms with Gasteiger partial charge in [-0.1, -0.05) is 36.4 Å². The fourth-order valence-electron chi connectivity index (χ4n) is 4.13. The van der Waals surface area contributed by atoms with Crippen LogP contribution in [0.5, 0.6) is 5.75 Å². The van der Waals surface area contributed by atoms with Gasteiger partial charge in [-0.05, 0) is 60.0 Å². The lowest BCUT2D eigenvalue weighted by Crippen LogP contribution is -2.36. The lowest BCUT2D eigenvalue weighted by molar-refractivity contribution is -0.142. The highest BCUT2D eigenvalue weighted by Gasteiger charge is 2.19. The summed E-state index contributed by atoms with van der Waals surface area (Å²) in [6.07, 6.45) is 3.07. The summed E-state index contributed by atoms with van der Waals surface area (Å²) in [7, 11) is 1.29. The molecule has 1 atom stereocenters. The van der Waals surface area contributed by atoms with Gasteiger partial charge >= 0.3 is 5.97 Å². The molecule has 1 N–H and O–H groups in total. The molecule has 1 fully saturated rings. The molecule has 1 aliphatic rings. The third-order valence-electron chi connectivity index (χ3n) is 6.32. The fourth-order valence-corrected chi connectivity index (χ4v) is 4.13. The molecule has 0 aliphatic carbocycles. The van der Waals surface area contributed by atoms with Crippen LogP contribution in [0, 0.1) is 5.82 Å². The largest absolute Gasteiger partial charge is 0.507 e. The standard InChI is InChI=1S/C29H28FNO5/c1-19(29(34)35-2)21-6-10-24(26(30)18-21)22-7-12-28(33)25(17-22)27(32)11-5-20-3-8-23(9-4-20)31-13-15-36-16-14-31/h3-12,17-19,33H,13-16H2,1-2H3/b11-5+.